The van der Waals surface area contributed by atoms with Gasteiger partial charge in [0.05, 0.1) is 6.54 Å². The Bertz CT molecular complexity index is 840. The summed E-state index contributed by atoms with van der Waals surface area (Å²) in [6, 6.07) is 11.1. The molecule has 0 bridgehead atoms. The molecular formula is C18H18F4N4O2. The molecule has 0 saturated carbocycles. The first-order valence-corrected chi connectivity index (χ1v) is 8.10. The SMILES string of the molecule is CN=C(NCC(=O)Nc1cccc(F)c1)NCc1ccccc1OC(F)(F)F. The van der Waals surface area contributed by atoms with E-state index in [-0.39, 0.29) is 30.4 Å². The lowest BCUT2D eigenvalue weighted by Crippen LogP contribution is -2.41. The first kappa shape index (κ1) is 21.0. The number of nitrogens with zero attached hydrogens (tertiary/aromatic N) is 1. The lowest BCUT2D eigenvalue weighted by Gasteiger charge is -2.15. The molecule has 2 aromatic rings. The van der Waals surface area contributed by atoms with Crippen molar-refractivity contribution >= 4 is 17.6 Å². The first-order valence-electron chi connectivity index (χ1n) is 8.10. The molecule has 28 heavy (non-hydrogen) atoms. The van der Waals surface area contributed by atoms with Crippen molar-refractivity contribution in [3.8, 4) is 5.75 Å². The van der Waals surface area contributed by atoms with Crippen molar-refractivity contribution in [3.05, 3.63) is 59.9 Å². The molecule has 0 atom stereocenters. The maximum absolute atomic E-state index is 13.1. The number of rotatable bonds is 6. The summed E-state index contributed by atoms with van der Waals surface area (Å²) < 4.78 is 54.4. The Morgan fingerprint density at radius 2 is 1.86 bits per heavy atom. The van der Waals surface area contributed by atoms with Crippen molar-refractivity contribution in [1.29, 1.82) is 0 Å². The third-order valence-electron chi connectivity index (χ3n) is 3.39. The van der Waals surface area contributed by atoms with E-state index in [1.165, 1.54) is 49.5 Å². The summed E-state index contributed by atoms with van der Waals surface area (Å²) in [6.45, 7) is -0.200. The van der Waals surface area contributed by atoms with E-state index < -0.39 is 18.1 Å². The molecule has 0 saturated heterocycles. The second kappa shape index (κ2) is 9.58. The van der Waals surface area contributed by atoms with Crippen LogP contribution in [-0.4, -0.2) is 31.8 Å². The zero-order valence-electron chi connectivity index (χ0n) is 14.8. The van der Waals surface area contributed by atoms with E-state index in [4.69, 9.17) is 0 Å². The first-order chi connectivity index (χ1) is 13.3. The maximum atomic E-state index is 13.1. The number of benzene rings is 2. The van der Waals surface area contributed by atoms with Gasteiger partial charge in [-0.3, -0.25) is 9.79 Å². The van der Waals surface area contributed by atoms with Gasteiger partial charge in [0, 0.05) is 24.8 Å². The van der Waals surface area contributed by atoms with Crippen LogP contribution in [0.3, 0.4) is 0 Å². The molecule has 0 fully saturated rings. The van der Waals surface area contributed by atoms with Crippen LogP contribution in [-0.2, 0) is 11.3 Å². The number of carbonyl (C=O) groups is 1. The van der Waals surface area contributed by atoms with Gasteiger partial charge in [0.1, 0.15) is 11.6 Å². The highest BCUT2D eigenvalue weighted by Gasteiger charge is 2.31. The second-order valence-corrected chi connectivity index (χ2v) is 5.49. The molecule has 3 N–H and O–H groups in total. The Hall–Kier alpha value is -3.30. The van der Waals surface area contributed by atoms with Crippen molar-refractivity contribution in [1.82, 2.24) is 10.6 Å². The minimum absolute atomic E-state index is 0.0164. The lowest BCUT2D eigenvalue weighted by molar-refractivity contribution is -0.274. The molecule has 0 aromatic heterocycles. The quantitative estimate of drug-likeness (QED) is 0.397. The van der Waals surface area contributed by atoms with Crippen LogP contribution in [0.25, 0.3) is 0 Å². The van der Waals surface area contributed by atoms with Gasteiger partial charge in [0.2, 0.25) is 5.91 Å². The molecule has 0 aliphatic carbocycles. The van der Waals surface area contributed by atoms with Gasteiger partial charge >= 0.3 is 6.36 Å². The number of anilines is 1. The van der Waals surface area contributed by atoms with Gasteiger partial charge in [-0.2, -0.15) is 0 Å². The summed E-state index contributed by atoms with van der Waals surface area (Å²) >= 11 is 0. The predicted molar refractivity (Wildman–Crippen MR) is 96.4 cm³/mol. The van der Waals surface area contributed by atoms with E-state index >= 15 is 0 Å². The minimum atomic E-state index is -4.80. The van der Waals surface area contributed by atoms with E-state index in [1.807, 2.05) is 0 Å². The summed E-state index contributed by atoms with van der Waals surface area (Å²) in [5.41, 5.74) is 0.556. The third-order valence-corrected chi connectivity index (χ3v) is 3.39. The fraction of sp³-hybridized carbons (Fsp3) is 0.222. The smallest absolute Gasteiger partial charge is 0.405 e. The van der Waals surface area contributed by atoms with Crippen LogP contribution in [0.4, 0.5) is 23.2 Å². The van der Waals surface area contributed by atoms with Gasteiger partial charge in [0.25, 0.3) is 0 Å². The van der Waals surface area contributed by atoms with Crippen LogP contribution >= 0.6 is 0 Å². The molecular weight excluding hydrogens is 380 g/mol. The Balaban J connectivity index is 1.87. The molecule has 0 unspecified atom stereocenters. The number of amides is 1. The average Bonchev–Trinajstić information content (AvgIpc) is 2.62. The van der Waals surface area contributed by atoms with Gasteiger partial charge in [-0.05, 0) is 24.3 Å². The van der Waals surface area contributed by atoms with E-state index in [0.29, 0.717) is 5.69 Å². The molecule has 0 heterocycles. The molecule has 0 aliphatic heterocycles. The number of alkyl halides is 3. The van der Waals surface area contributed by atoms with Gasteiger partial charge in [0.15, 0.2) is 5.96 Å². The molecule has 0 aliphatic rings. The number of aliphatic imine (C=N–C) groups is 1. The summed E-state index contributed by atoms with van der Waals surface area (Å²) in [4.78, 5) is 15.8. The number of hydrogen-bond donors (Lipinski definition) is 3. The van der Waals surface area contributed by atoms with Gasteiger partial charge in [-0.1, -0.05) is 24.3 Å². The van der Waals surface area contributed by atoms with Crippen molar-refractivity contribution in [2.45, 2.75) is 12.9 Å². The van der Waals surface area contributed by atoms with Gasteiger partial charge < -0.3 is 20.7 Å². The van der Waals surface area contributed by atoms with Crippen LogP contribution in [0.2, 0.25) is 0 Å². The molecule has 6 nitrogen and oxygen atoms in total. The zero-order chi connectivity index (χ0) is 20.6. The number of carbonyl (C=O) groups excluding carboxylic acids is 1. The molecule has 2 aromatic carbocycles. The fourth-order valence-electron chi connectivity index (χ4n) is 2.21. The van der Waals surface area contributed by atoms with Crippen molar-refractivity contribution in [2.24, 2.45) is 4.99 Å². The van der Waals surface area contributed by atoms with Crippen molar-refractivity contribution < 1.29 is 27.1 Å². The lowest BCUT2D eigenvalue weighted by atomic mass is 10.2. The highest BCUT2D eigenvalue weighted by molar-refractivity contribution is 5.94. The molecule has 10 heteroatoms. The van der Waals surface area contributed by atoms with Crippen LogP contribution < -0.4 is 20.7 Å². The summed E-state index contributed by atoms with van der Waals surface area (Å²) in [6.07, 6.45) is -4.80. The van der Waals surface area contributed by atoms with E-state index in [9.17, 15) is 22.4 Å². The number of hydrogen-bond acceptors (Lipinski definition) is 3. The third kappa shape index (κ3) is 7.14. The predicted octanol–water partition coefficient (Wildman–Crippen LogP) is 3.03. The fourth-order valence-corrected chi connectivity index (χ4v) is 2.21. The van der Waals surface area contributed by atoms with E-state index in [0.717, 1.165) is 0 Å². The number of halogens is 4. The standard InChI is InChI=1S/C18H18F4N4O2/c1-23-17(25-11-16(27)26-14-7-4-6-13(19)9-14)24-10-12-5-2-3-8-15(12)28-18(20,21)22/h2-9H,10-11H2,1H3,(H,26,27)(H2,23,24,25). The van der Waals surface area contributed by atoms with Gasteiger partial charge in [-0.25, -0.2) is 4.39 Å². The Morgan fingerprint density at radius 3 is 2.54 bits per heavy atom. The molecule has 1 amide bonds. The Morgan fingerprint density at radius 1 is 1.11 bits per heavy atom. The molecule has 0 spiro atoms. The molecule has 2 rings (SSSR count). The Labute approximate surface area is 158 Å². The summed E-state index contributed by atoms with van der Waals surface area (Å²) in [5.74, 6) is -1.07. The number of para-hydroxylation sites is 1. The Kier molecular flexibility index (Phi) is 7.19. The van der Waals surface area contributed by atoms with Gasteiger partial charge in [-0.15, -0.1) is 13.2 Å². The maximum Gasteiger partial charge on any atom is 0.573 e. The molecule has 0 radical (unpaired) electrons. The normalized spacial score (nSPS) is 11.7. The number of guanidine groups is 1. The van der Waals surface area contributed by atoms with Crippen LogP contribution in [0.15, 0.2) is 53.5 Å². The van der Waals surface area contributed by atoms with Crippen LogP contribution in [0.5, 0.6) is 5.75 Å². The van der Waals surface area contributed by atoms with E-state index in [1.54, 1.807) is 6.07 Å². The van der Waals surface area contributed by atoms with Crippen LogP contribution in [0.1, 0.15) is 5.56 Å². The largest absolute Gasteiger partial charge is 0.573 e. The molecule has 150 valence electrons. The van der Waals surface area contributed by atoms with Crippen molar-refractivity contribution in [2.75, 3.05) is 18.9 Å². The van der Waals surface area contributed by atoms with Crippen molar-refractivity contribution in [3.63, 3.8) is 0 Å². The van der Waals surface area contributed by atoms with E-state index in [2.05, 4.69) is 25.7 Å². The van der Waals surface area contributed by atoms with Crippen LogP contribution in [0, 0.1) is 5.82 Å². The topological polar surface area (TPSA) is 74.8 Å². The number of nitrogens with one attached hydrogen (secondary N) is 3. The zero-order valence-corrected chi connectivity index (χ0v) is 14.8. The highest BCUT2D eigenvalue weighted by Crippen LogP contribution is 2.26. The summed E-state index contributed by atoms with van der Waals surface area (Å²) in [5, 5.41) is 8.01. The monoisotopic (exact) mass is 398 g/mol. The average molecular weight is 398 g/mol. The second-order valence-electron chi connectivity index (χ2n) is 5.49. The highest BCUT2D eigenvalue weighted by atomic mass is 19.4. The summed E-state index contributed by atoms with van der Waals surface area (Å²) in [7, 11) is 1.44. The number of ether oxygens (including phenoxy) is 1. The minimum Gasteiger partial charge on any atom is -0.405 e.